The van der Waals surface area contributed by atoms with Gasteiger partial charge in [0.25, 0.3) is 0 Å². The first kappa shape index (κ1) is 14.1. The number of nitrogens with zero attached hydrogens (tertiary/aromatic N) is 4. The molecule has 0 spiro atoms. The fourth-order valence-electron chi connectivity index (χ4n) is 3.14. The molecule has 2 amide bonds. The molecule has 1 N–H and O–H groups in total. The molecule has 0 saturated carbocycles. The van der Waals surface area contributed by atoms with E-state index in [1.807, 2.05) is 18.7 Å². The largest absolute Gasteiger partial charge is 0.356 e. The van der Waals surface area contributed by atoms with Crippen molar-refractivity contribution in [1.82, 2.24) is 20.2 Å². The smallest absolute Gasteiger partial charge is 0.317 e. The molecule has 1 fully saturated rings. The second kappa shape index (κ2) is 5.87. The normalized spacial score (nSPS) is 17.8. The van der Waals surface area contributed by atoms with Crippen LogP contribution in [0.2, 0.25) is 0 Å². The molecule has 0 atom stereocenters. The Morgan fingerprint density at radius 2 is 2.00 bits per heavy atom. The van der Waals surface area contributed by atoms with E-state index in [9.17, 15) is 4.79 Å². The minimum absolute atomic E-state index is 0.0103. The summed E-state index contributed by atoms with van der Waals surface area (Å²) in [6, 6.07) is 0.0103. The Bertz CT molecular complexity index is 539. The lowest BCUT2D eigenvalue weighted by Gasteiger charge is -2.31. The molecule has 1 saturated heterocycles. The van der Waals surface area contributed by atoms with E-state index in [1.165, 1.54) is 12.8 Å². The second-order valence-electron chi connectivity index (χ2n) is 5.72. The summed E-state index contributed by atoms with van der Waals surface area (Å²) < 4.78 is 0. The molecule has 0 aliphatic carbocycles. The zero-order chi connectivity index (χ0) is 14.8. The molecular weight excluding hydrogens is 266 g/mol. The SMILES string of the molecule is CCNC(=O)N1CCc2nc(C)nc(N3CCCC3)c2C1. The van der Waals surface area contributed by atoms with Gasteiger partial charge in [0.2, 0.25) is 0 Å². The average molecular weight is 289 g/mol. The van der Waals surface area contributed by atoms with E-state index in [0.717, 1.165) is 49.0 Å². The third kappa shape index (κ3) is 2.80. The van der Waals surface area contributed by atoms with Gasteiger partial charge in [-0.3, -0.25) is 0 Å². The van der Waals surface area contributed by atoms with E-state index in [4.69, 9.17) is 0 Å². The molecule has 3 heterocycles. The zero-order valence-corrected chi connectivity index (χ0v) is 12.9. The van der Waals surface area contributed by atoms with Gasteiger partial charge in [-0.25, -0.2) is 14.8 Å². The average Bonchev–Trinajstić information content (AvgIpc) is 3.00. The van der Waals surface area contributed by atoms with Crippen LogP contribution in [0.5, 0.6) is 0 Å². The van der Waals surface area contributed by atoms with Crippen molar-refractivity contribution < 1.29 is 4.79 Å². The highest BCUT2D eigenvalue weighted by atomic mass is 16.2. The quantitative estimate of drug-likeness (QED) is 0.895. The third-order valence-corrected chi connectivity index (χ3v) is 4.17. The van der Waals surface area contributed by atoms with E-state index in [-0.39, 0.29) is 6.03 Å². The second-order valence-corrected chi connectivity index (χ2v) is 5.72. The lowest BCUT2D eigenvalue weighted by Crippen LogP contribution is -2.43. The zero-order valence-electron chi connectivity index (χ0n) is 12.9. The maximum Gasteiger partial charge on any atom is 0.317 e. The monoisotopic (exact) mass is 289 g/mol. The van der Waals surface area contributed by atoms with Crippen LogP contribution in [0, 0.1) is 6.92 Å². The van der Waals surface area contributed by atoms with E-state index >= 15 is 0 Å². The Kier molecular flexibility index (Phi) is 3.94. The number of urea groups is 1. The highest BCUT2D eigenvalue weighted by Gasteiger charge is 2.27. The molecule has 6 heteroatoms. The van der Waals surface area contributed by atoms with Gasteiger partial charge in [0.1, 0.15) is 11.6 Å². The van der Waals surface area contributed by atoms with Crippen LogP contribution in [0.1, 0.15) is 36.8 Å². The topological polar surface area (TPSA) is 61.4 Å². The summed E-state index contributed by atoms with van der Waals surface area (Å²) in [4.78, 5) is 25.5. The van der Waals surface area contributed by atoms with E-state index < -0.39 is 0 Å². The lowest BCUT2D eigenvalue weighted by atomic mass is 10.1. The number of nitrogens with one attached hydrogen (secondary N) is 1. The van der Waals surface area contributed by atoms with Crippen LogP contribution in [0.15, 0.2) is 0 Å². The number of hydrogen-bond acceptors (Lipinski definition) is 4. The van der Waals surface area contributed by atoms with Gasteiger partial charge in [-0.1, -0.05) is 0 Å². The molecule has 1 aromatic rings. The fourth-order valence-corrected chi connectivity index (χ4v) is 3.14. The fraction of sp³-hybridized carbons (Fsp3) is 0.667. The predicted octanol–water partition coefficient (Wildman–Crippen LogP) is 1.47. The van der Waals surface area contributed by atoms with Crippen LogP contribution in [0.25, 0.3) is 0 Å². The number of hydrogen-bond donors (Lipinski definition) is 1. The molecule has 0 aromatic carbocycles. The molecule has 3 rings (SSSR count). The Morgan fingerprint density at radius 1 is 1.24 bits per heavy atom. The van der Waals surface area contributed by atoms with Gasteiger partial charge < -0.3 is 15.1 Å². The standard InChI is InChI=1S/C15H23N5O/c1-3-16-15(21)20-9-6-13-12(10-20)14(18-11(2)17-13)19-7-4-5-8-19/h3-10H2,1-2H3,(H,16,21). The van der Waals surface area contributed by atoms with Crippen molar-refractivity contribution in [3.63, 3.8) is 0 Å². The van der Waals surface area contributed by atoms with Crippen LogP contribution >= 0.6 is 0 Å². The van der Waals surface area contributed by atoms with Gasteiger partial charge in [0.15, 0.2) is 0 Å². The highest BCUT2D eigenvalue weighted by Crippen LogP contribution is 2.28. The van der Waals surface area contributed by atoms with Crippen molar-refractivity contribution in [2.75, 3.05) is 31.1 Å². The van der Waals surface area contributed by atoms with Crippen LogP contribution in [-0.2, 0) is 13.0 Å². The lowest BCUT2D eigenvalue weighted by molar-refractivity contribution is 0.192. The van der Waals surface area contributed by atoms with Crippen LogP contribution in [-0.4, -0.2) is 47.1 Å². The third-order valence-electron chi connectivity index (χ3n) is 4.17. The molecule has 2 aliphatic rings. The Labute approximate surface area is 125 Å². The van der Waals surface area contributed by atoms with Crippen molar-refractivity contribution in [2.45, 2.75) is 39.7 Å². The van der Waals surface area contributed by atoms with E-state index in [0.29, 0.717) is 13.1 Å². The molecule has 6 nitrogen and oxygen atoms in total. The minimum atomic E-state index is 0.0103. The van der Waals surface area contributed by atoms with Gasteiger partial charge in [0.05, 0.1) is 12.2 Å². The van der Waals surface area contributed by atoms with E-state index in [1.54, 1.807) is 0 Å². The van der Waals surface area contributed by atoms with Gasteiger partial charge in [0, 0.05) is 38.2 Å². The Hall–Kier alpha value is -1.85. The molecule has 0 radical (unpaired) electrons. The van der Waals surface area contributed by atoms with Crippen molar-refractivity contribution >= 4 is 11.8 Å². The molecule has 21 heavy (non-hydrogen) atoms. The number of aryl methyl sites for hydroxylation is 1. The minimum Gasteiger partial charge on any atom is -0.356 e. The van der Waals surface area contributed by atoms with Gasteiger partial charge in [-0.15, -0.1) is 0 Å². The molecule has 1 aromatic heterocycles. The first-order valence-electron chi connectivity index (χ1n) is 7.83. The number of fused-ring (bicyclic) bond motifs is 1. The molecule has 114 valence electrons. The van der Waals surface area contributed by atoms with Gasteiger partial charge in [-0.05, 0) is 26.7 Å². The number of carbonyl (C=O) groups excluding carboxylic acids is 1. The van der Waals surface area contributed by atoms with Crippen LogP contribution < -0.4 is 10.2 Å². The highest BCUT2D eigenvalue weighted by molar-refractivity contribution is 5.74. The summed E-state index contributed by atoms with van der Waals surface area (Å²) in [6.45, 7) is 8.02. The number of carbonyl (C=O) groups is 1. The first-order valence-corrected chi connectivity index (χ1v) is 7.83. The molecule has 0 bridgehead atoms. The summed E-state index contributed by atoms with van der Waals surface area (Å²) in [5, 5.41) is 2.88. The summed E-state index contributed by atoms with van der Waals surface area (Å²) in [5.41, 5.74) is 2.25. The summed E-state index contributed by atoms with van der Waals surface area (Å²) in [6.07, 6.45) is 3.26. The van der Waals surface area contributed by atoms with Crippen molar-refractivity contribution in [3.8, 4) is 0 Å². The molecule has 0 unspecified atom stereocenters. The number of amides is 2. The summed E-state index contributed by atoms with van der Waals surface area (Å²) in [5.74, 6) is 1.88. The van der Waals surface area contributed by atoms with Crippen LogP contribution in [0.4, 0.5) is 10.6 Å². The predicted molar refractivity (Wildman–Crippen MR) is 81.4 cm³/mol. The van der Waals surface area contributed by atoms with Crippen molar-refractivity contribution in [2.24, 2.45) is 0 Å². The van der Waals surface area contributed by atoms with Crippen LogP contribution in [0.3, 0.4) is 0 Å². The Morgan fingerprint density at radius 3 is 2.71 bits per heavy atom. The molecular formula is C15H23N5O. The summed E-state index contributed by atoms with van der Waals surface area (Å²) >= 11 is 0. The maximum atomic E-state index is 12.1. The summed E-state index contributed by atoms with van der Waals surface area (Å²) in [7, 11) is 0. The Balaban J connectivity index is 1.90. The van der Waals surface area contributed by atoms with Crippen molar-refractivity contribution in [3.05, 3.63) is 17.1 Å². The number of anilines is 1. The van der Waals surface area contributed by atoms with E-state index in [2.05, 4.69) is 20.2 Å². The number of rotatable bonds is 2. The van der Waals surface area contributed by atoms with Crippen molar-refractivity contribution in [1.29, 1.82) is 0 Å². The van der Waals surface area contributed by atoms with Gasteiger partial charge >= 0.3 is 6.03 Å². The first-order chi connectivity index (χ1) is 10.2. The molecule has 2 aliphatic heterocycles. The number of aromatic nitrogens is 2. The van der Waals surface area contributed by atoms with Gasteiger partial charge in [-0.2, -0.15) is 0 Å². The maximum absolute atomic E-state index is 12.1.